The van der Waals surface area contributed by atoms with Crippen molar-refractivity contribution in [3.05, 3.63) is 88.1 Å². The summed E-state index contributed by atoms with van der Waals surface area (Å²) < 4.78 is 76.6. The lowest BCUT2D eigenvalue weighted by Gasteiger charge is -2.30. The molecule has 4 N–H and O–H groups in total. The Labute approximate surface area is 397 Å². The van der Waals surface area contributed by atoms with Gasteiger partial charge in [0, 0.05) is 29.6 Å². The van der Waals surface area contributed by atoms with Crippen LogP contribution in [-0.4, -0.2) is 97.7 Å². The van der Waals surface area contributed by atoms with E-state index in [2.05, 4.69) is 30.6 Å². The van der Waals surface area contributed by atoms with Gasteiger partial charge in [-0.1, -0.05) is 33.8 Å². The molecule has 4 amide bonds. The number of aromatic amines is 2. The molecule has 9 rings (SSSR count). The number of rotatable bonds is 11. The van der Waals surface area contributed by atoms with Crippen LogP contribution in [0, 0.1) is 17.7 Å². The van der Waals surface area contributed by atoms with E-state index in [4.69, 9.17) is 14.2 Å². The number of imidazole rings is 2. The third-order valence-corrected chi connectivity index (χ3v) is 14.2. The molecule has 2 aromatic carbocycles. The highest BCUT2D eigenvalue weighted by molar-refractivity contribution is 7.12. The van der Waals surface area contributed by atoms with Crippen LogP contribution in [0.25, 0.3) is 44.7 Å². The van der Waals surface area contributed by atoms with Crippen LogP contribution in [0.15, 0.2) is 60.9 Å². The Morgan fingerprint density at radius 1 is 0.783 bits per heavy atom. The fourth-order valence-corrected chi connectivity index (χ4v) is 10.5. The number of nitrogens with zero attached hydrogens (tertiary/aromatic N) is 5. The molecule has 21 heteroatoms. The van der Waals surface area contributed by atoms with E-state index in [-0.39, 0.29) is 45.9 Å². The molecule has 6 aromatic rings. The van der Waals surface area contributed by atoms with Crippen LogP contribution in [-0.2, 0) is 25.2 Å². The number of alkyl halides is 3. The number of ether oxygens (including phenoxy) is 3. The highest BCUT2D eigenvalue weighted by Crippen LogP contribution is 2.49. The van der Waals surface area contributed by atoms with Gasteiger partial charge in [-0.15, -0.1) is 11.3 Å². The summed E-state index contributed by atoms with van der Waals surface area (Å²) in [7, 11) is 2.47. The third kappa shape index (κ3) is 8.87. The summed E-state index contributed by atoms with van der Waals surface area (Å²) >= 11 is 0.542. The largest absolute Gasteiger partial charge is 0.464 e. The van der Waals surface area contributed by atoms with Gasteiger partial charge in [0.2, 0.25) is 18.0 Å². The number of hydrogen-bond acceptors (Lipinski definition) is 10. The second-order valence-electron chi connectivity index (χ2n) is 18.1. The van der Waals surface area contributed by atoms with Crippen molar-refractivity contribution in [3.8, 4) is 39.5 Å². The number of hydrogen-bond donors (Lipinski definition) is 4. The van der Waals surface area contributed by atoms with Gasteiger partial charge in [-0.3, -0.25) is 14.2 Å². The molecule has 7 heterocycles. The topological polar surface area (TPSA) is 189 Å². The maximum Gasteiger partial charge on any atom is 0.425 e. The van der Waals surface area contributed by atoms with Gasteiger partial charge in [-0.25, -0.2) is 23.9 Å². The Balaban J connectivity index is 1.04. The highest BCUT2D eigenvalue weighted by Gasteiger charge is 2.41. The summed E-state index contributed by atoms with van der Waals surface area (Å²) in [5.41, 5.74) is 3.22. The van der Waals surface area contributed by atoms with Gasteiger partial charge in [0.25, 0.3) is 0 Å². The molecule has 0 bridgehead atoms. The van der Waals surface area contributed by atoms with Gasteiger partial charge in [-0.2, -0.15) is 13.2 Å². The average molecular weight is 974 g/mol. The lowest BCUT2D eigenvalue weighted by molar-refractivity contribution is -0.136. The molecule has 0 saturated carbocycles. The van der Waals surface area contributed by atoms with Crippen molar-refractivity contribution in [1.82, 2.24) is 44.9 Å². The van der Waals surface area contributed by atoms with Gasteiger partial charge in [-0.05, 0) is 80.0 Å². The van der Waals surface area contributed by atoms with Crippen molar-refractivity contribution >= 4 is 46.2 Å². The van der Waals surface area contributed by atoms with E-state index in [0.29, 0.717) is 94.4 Å². The molecule has 3 aliphatic rings. The lowest BCUT2D eigenvalue weighted by atomic mass is 10.0. The molecule has 1 unspecified atom stereocenters. The van der Waals surface area contributed by atoms with Crippen molar-refractivity contribution < 1.29 is 51.0 Å². The summed E-state index contributed by atoms with van der Waals surface area (Å²) in [5, 5.41) is 5.94. The maximum atomic E-state index is 16.8. The minimum atomic E-state index is -4.60. The molecule has 0 aliphatic carbocycles. The number of nitrogens with one attached hydrogen (secondary N) is 4. The first-order chi connectivity index (χ1) is 32.9. The van der Waals surface area contributed by atoms with E-state index in [1.165, 1.54) is 32.5 Å². The number of carbonyl (C=O) groups is 4. The number of thiophene rings is 1. The standard InChI is InChI=1S/C48H51F4N9O7S/c1-23(2)39(57-46(64)66-5)43(62)59-15-7-9-32(59)41-53-21-29(55-41)25-11-12-31-27(17-25)19-34-38-28(49)18-26(20-35(38)68-45(61(31)34)36-13-14-37(69-36)48(50,51)52)30-22-54-42(56-30)33-10-8-16-60(33)44(63)40(24(3)4)58-47(65)67-6/h11-14,17-24,32-33,39-40,45H,7-10,15-16H2,1-6H3,(H,53,55)(H,54,56)(H,57,64)(H,58,65)/t32-,33-,39-,40-,45?/m0/s1. The van der Waals surface area contributed by atoms with Crippen molar-refractivity contribution in [1.29, 1.82) is 0 Å². The molecular formula is C48H51F4N9O7S. The van der Waals surface area contributed by atoms with Crippen LogP contribution in [0.5, 0.6) is 5.75 Å². The zero-order valence-corrected chi connectivity index (χ0v) is 39.4. The molecule has 364 valence electrons. The number of likely N-dealkylation sites (tertiary alicyclic amines) is 2. The minimum absolute atomic E-state index is 0.102. The predicted molar refractivity (Wildman–Crippen MR) is 246 cm³/mol. The van der Waals surface area contributed by atoms with Crippen LogP contribution in [0.3, 0.4) is 0 Å². The number of fused-ring (bicyclic) bond motifs is 5. The zero-order valence-electron chi connectivity index (χ0n) is 38.6. The Hall–Kier alpha value is -6.90. The SMILES string of the molecule is COC(=O)N[C@H](C(=O)N1CCC[C@H]1c1ncc(-c2cc(F)c3c(c2)OC(c2ccc(C(F)(F)F)s2)n2c-3cc3cc(-c4cnc([C@@H]5CCCN5C(=O)[C@@H](NC(=O)OC)C(C)C)[nH]4)ccc32)[nH]1)C(C)C. The smallest absolute Gasteiger partial charge is 0.425 e. The van der Waals surface area contributed by atoms with E-state index >= 15 is 4.39 Å². The third-order valence-electron chi connectivity index (χ3n) is 13.1. The number of carbonyl (C=O) groups excluding carboxylic acids is 4. The number of H-pyrrole nitrogens is 2. The summed E-state index contributed by atoms with van der Waals surface area (Å²) in [6.45, 7) is 8.24. The van der Waals surface area contributed by atoms with Gasteiger partial charge in [0.15, 0.2) is 0 Å². The number of amides is 4. The molecule has 2 fully saturated rings. The van der Waals surface area contributed by atoms with Crippen molar-refractivity contribution in [3.63, 3.8) is 0 Å². The van der Waals surface area contributed by atoms with Crippen LogP contribution in [0.4, 0.5) is 27.2 Å². The highest BCUT2D eigenvalue weighted by atomic mass is 32.1. The van der Waals surface area contributed by atoms with E-state index in [9.17, 15) is 32.3 Å². The minimum Gasteiger partial charge on any atom is -0.464 e. The summed E-state index contributed by atoms with van der Waals surface area (Å²) in [6.07, 6.45) is -1.26. The van der Waals surface area contributed by atoms with E-state index < -0.39 is 53.4 Å². The Bertz CT molecular complexity index is 2940. The number of aromatic nitrogens is 5. The molecule has 3 aliphatic heterocycles. The molecule has 4 aromatic heterocycles. The fourth-order valence-electron chi connectivity index (χ4n) is 9.61. The quantitative estimate of drug-likeness (QED) is 0.0918. The van der Waals surface area contributed by atoms with Gasteiger partial charge >= 0.3 is 18.4 Å². The van der Waals surface area contributed by atoms with Crippen LogP contribution in [0.2, 0.25) is 0 Å². The first-order valence-electron chi connectivity index (χ1n) is 22.7. The van der Waals surface area contributed by atoms with Crippen LogP contribution >= 0.6 is 11.3 Å². The molecule has 5 atom stereocenters. The second-order valence-corrected chi connectivity index (χ2v) is 19.2. The molecule has 0 radical (unpaired) electrons. The lowest BCUT2D eigenvalue weighted by Crippen LogP contribution is -2.51. The summed E-state index contributed by atoms with van der Waals surface area (Å²) in [4.78, 5) is 70.5. The average Bonchev–Trinajstić information content (AvgIpc) is 4.18. The van der Waals surface area contributed by atoms with Gasteiger partial charge in [0.05, 0.1) is 71.7 Å². The molecule has 0 spiro atoms. The number of methoxy groups -OCH3 is 2. The molecule has 2 saturated heterocycles. The number of halogens is 4. The Morgan fingerprint density at radius 3 is 1.87 bits per heavy atom. The van der Waals surface area contributed by atoms with Gasteiger partial charge < -0.3 is 44.6 Å². The predicted octanol–water partition coefficient (Wildman–Crippen LogP) is 9.34. The monoisotopic (exact) mass is 973 g/mol. The van der Waals surface area contributed by atoms with Crippen molar-refractivity contribution in [2.75, 3.05) is 27.3 Å². The van der Waals surface area contributed by atoms with Crippen molar-refractivity contribution in [2.45, 2.75) is 89.9 Å². The van der Waals surface area contributed by atoms with Crippen molar-refractivity contribution in [2.24, 2.45) is 11.8 Å². The Morgan fingerprint density at radius 2 is 1.35 bits per heavy atom. The second kappa shape index (κ2) is 18.5. The number of benzene rings is 2. The van der Waals surface area contributed by atoms with E-state index in [1.54, 1.807) is 38.8 Å². The van der Waals surface area contributed by atoms with E-state index in [1.807, 2.05) is 39.8 Å². The fraction of sp³-hybridized carbons (Fsp3) is 0.417. The zero-order chi connectivity index (χ0) is 49.1. The van der Waals surface area contributed by atoms with Gasteiger partial charge in [0.1, 0.15) is 40.2 Å². The maximum absolute atomic E-state index is 16.8. The molecule has 69 heavy (non-hydrogen) atoms. The Kier molecular flexibility index (Phi) is 12.7. The first kappa shape index (κ1) is 47.2. The van der Waals surface area contributed by atoms with Crippen LogP contribution < -0.4 is 15.4 Å². The van der Waals surface area contributed by atoms with Crippen LogP contribution in [0.1, 0.15) is 93.1 Å². The first-order valence-corrected chi connectivity index (χ1v) is 23.5. The summed E-state index contributed by atoms with van der Waals surface area (Å²) in [6, 6.07) is 10.2. The molecular weight excluding hydrogens is 923 g/mol. The summed E-state index contributed by atoms with van der Waals surface area (Å²) in [5.74, 6) is -0.479. The van der Waals surface area contributed by atoms with E-state index in [0.717, 1.165) is 12.5 Å². The molecule has 16 nitrogen and oxygen atoms in total. The number of alkyl carbamates (subject to hydrolysis) is 2. The normalized spacial score (nSPS) is 18.8.